The third-order valence-electron chi connectivity index (χ3n) is 3.67. The molecular formula is C19H30N2O4. The van der Waals surface area contributed by atoms with Gasteiger partial charge in [-0.25, -0.2) is 5.43 Å². The molecule has 6 nitrogen and oxygen atoms in total. The Bertz CT molecular complexity index is 542. The highest BCUT2D eigenvalue weighted by molar-refractivity contribution is 5.95. The SMILES string of the molecule is CCOc1cc(C(=O)N/N=C/C(CC)CC)cc(OCC)c1OCC. The summed E-state index contributed by atoms with van der Waals surface area (Å²) in [5, 5.41) is 4.06. The Labute approximate surface area is 150 Å². The number of benzene rings is 1. The van der Waals surface area contributed by atoms with Crippen molar-refractivity contribution in [3.05, 3.63) is 17.7 Å². The fourth-order valence-electron chi connectivity index (χ4n) is 2.29. The average Bonchev–Trinajstić information content (AvgIpc) is 2.61. The van der Waals surface area contributed by atoms with E-state index in [-0.39, 0.29) is 5.91 Å². The fraction of sp³-hybridized carbons (Fsp3) is 0.579. The molecule has 0 aliphatic carbocycles. The van der Waals surface area contributed by atoms with E-state index in [1.54, 1.807) is 18.3 Å². The molecule has 1 aromatic rings. The lowest BCUT2D eigenvalue weighted by Gasteiger charge is -2.16. The molecular weight excluding hydrogens is 320 g/mol. The number of amides is 1. The Kier molecular flexibility index (Phi) is 9.43. The molecule has 0 saturated carbocycles. The van der Waals surface area contributed by atoms with E-state index in [1.807, 2.05) is 20.8 Å². The number of hydrogen-bond acceptors (Lipinski definition) is 5. The van der Waals surface area contributed by atoms with E-state index >= 15 is 0 Å². The minimum absolute atomic E-state index is 0.313. The summed E-state index contributed by atoms with van der Waals surface area (Å²) in [4.78, 5) is 12.4. The topological polar surface area (TPSA) is 69.2 Å². The summed E-state index contributed by atoms with van der Waals surface area (Å²) < 4.78 is 16.9. The Balaban J connectivity index is 3.06. The van der Waals surface area contributed by atoms with Gasteiger partial charge in [-0.3, -0.25) is 4.79 Å². The summed E-state index contributed by atoms with van der Waals surface area (Å²) in [5.41, 5.74) is 2.98. The van der Waals surface area contributed by atoms with E-state index in [1.165, 1.54) is 0 Å². The van der Waals surface area contributed by atoms with E-state index in [2.05, 4.69) is 24.4 Å². The van der Waals surface area contributed by atoms with Crippen LogP contribution in [0, 0.1) is 5.92 Å². The second kappa shape index (κ2) is 11.3. The molecule has 0 aromatic heterocycles. The zero-order chi connectivity index (χ0) is 18.7. The maximum absolute atomic E-state index is 12.4. The quantitative estimate of drug-likeness (QED) is 0.483. The number of carbonyl (C=O) groups excluding carboxylic acids is 1. The van der Waals surface area contributed by atoms with Gasteiger partial charge in [0.05, 0.1) is 19.8 Å². The first kappa shape index (κ1) is 20.8. The van der Waals surface area contributed by atoms with Crippen LogP contribution in [0.2, 0.25) is 0 Å². The van der Waals surface area contributed by atoms with Crippen LogP contribution in [0.25, 0.3) is 0 Å². The van der Waals surface area contributed by atoms with Crippen LogP contribution in [0.3, 0.4) is 0 Å². The number of nitrogens with one attached hydrogen (secondary N) is 1. The number of hydrazone groups is 1. The lowest BCUT2D eigenvalue weighted by molar-refractivity contribution is 0.0953. The highest BCUT2D eigenvalue weighted by Gasteiger charge is 2.18. The lowest BCUT2D eigenvalue weighted by Crippen LogP contribution is -2.19. The molecule has 1 amide bonds. The molecule has 0 fully saturated rings. The zero-order valence-corrected chi connectivity index (χ0v) is 15.9. The van der Waals surface area contributed by atoms with Crippen molar-refractivity contribution in [1.82, 2.24) is 5.43 Å². The van der Waals surface area contributed by atoms with E-state index in [0.717, 1.165) is 12.8 Å². The first-order chi connectivity index (χ1) is 12.1. The fourth-order valence-corrected chi connectivity index (χ4v) is 2.29. The summed E-state index contributed by atoms with van der Waals surface area (Å²) in [6.07, 6.45) is 3.75. The van der Waals surface area contributed by atoms with E-state index in [0.29, 0.717) is 48.6 Å². The van der Waals surface area contributed by atoms with Crippen LogP contribution in [-0.2, 0) is 0 Å². The highest BCUT2D eigenvalue weighted by atomic mass is 16.5. The lowest BCUT2D eigenvalue weighted by atomic mass is 10.1. The van der Waals surface area contributed by atoms with Gasteiger partial charge in [0.15, 0.2) is 11.5 Å². The first-order valence-corrected chi connectivity index (χ1v) is 9.00. The second-order valence-electron chi connectivity index (χ2n) is 5.40. The molecule has 25 heavy (non-hydrogen) atoms. The summed E-state index contributed by atoms with van der Waals surface area (Å²) in [6, 6.07) is 3.30. The molecule has 0 bridgehead atoms. The molecule has 1 rings (SSSR count). The monoisotopic (exact) mass is 350 g/mol. The molecule has 0 spiro atoms. The van der Waals surface area contributed by atoms with Gasteiger partial charge in [-0.15, -0.1) is 0 Å². The van der Waals surface area contributed by atoms with Gasteiger partial charge in [-0.05, 0) is 51.7 Å². The zero-order valence-electron chi connectivity index (χ0n) is 15.9. The number of hydrogen-bond donors (Lipinski definition) is 1. The summed E-state index contributed by atoms with van der Waals surface area (Å²) in [5.74, 6) is 1.54. The predicted octanol–water partition coefficient (Wildman–Crippen LogP) is 4.03. The van der Waals surface area contributed by atoms with Gasteiger partial charge in [0.2, 0.25) is 5.75 Å². The van der Waals surface area contributed by atoms with Gasteiger partial charge in [0.1, 0.15) is 0 Å². The molecule has 0 radical (unpaired) electrons. The Hall–Kier alpha value is -2.24. The highest BCUT2D eigenvalue weighted by Crippen LogP contribution is 2.39. The molecule has 0 unspecified atom stereocenters. The molecule has 1 N–H and O–H groups in total. The maximum Gasteiger partial charge on any atom is 0.271 e. The van der Waals surface area contributed by atoms with Gasteiger partial charge >= 0.3 is 0 Å². The molecule has 0 saturated heterocycles. The van der Waals surface area contributed by atoms with Crippen LogP contribution in [0.15, 0.2) is 17.2 Å². The standard InChI is InChI=1S/C19H30N2O4/c1-6-14(7-2)13-20-21-19(22)15-11-16(23-8-3)18(25-10-5)17(12-15)24-9-4/h11-14H,6-10H2,1-5H3,(H,21,22)/b20-13+. The Morgan fingerprint density at radius 2 is 1.52 bits per heavy atom. The number of nitrogens with zero attached hydrogens (tertiary/aromatic N) is 1. The normalized spacial score (nSPS) is 11.0. The van der Waals surface area contributed by atoms with Crippen molar-refractivity contribution in [2.75, 3.05) is 19.8 Å². The largest absolute Gasteiger partial charge is 0.490 e. The molecule has 140 valence electrons. The third-order valence-corrected chi connectivity index (χ3v) is 3.67. The van der Waals surface area contributed by atoms with Crippen LogP contribution in [0.4, 0.5) is 0 Å². The van der Waals surface area contributed by atoms with Crippen LogP contribution >= 0.6 is 0 Å². The molecule has 1 aromatic carbocycles. The van der Waals surface area contributed by atoms with Gasteiger partial charge in [-0.1, -0.05) is 13.8 Å². The van der Waals surface area contributed by atoms with Crippen LogP contribution in [0.5, 0.6) is 17.2 Å². The molecule has 6 heteroatoms. The Morgan fingerprint density at radius 1 is 1.00 bits per heavy atom. The van der Waals surface area contributed by atoms with Crippen molar-refractivity contribution >= 4 is 12.1 Å². The van der Waals surface area contributed by atoms with E-state index in [9.17, 15) is 4.79 Å². The van der Waals surface area contributed by atoms with Crippen molar-refractivity contribution in [2.45, 2.75) is 47.5 Å². The van der Waals surface area contributed by atoms with Crippen LogP contribution < -0.4 is 19.6 Å². The van der Waals surface area contributed by atoms with E-state index < -0.39 is 0 Å². The number of rotatable bonds is 11. The van der Waals surface area contributed by atoms with Gasteiger partial charge < -0.3 is 14.2 Å². The summed E-state index contributed by atoms with van der Waals surface area (Å²) in [7, 11) is 0. The van der Waals surface area contributed by atoms with Crippen molar-refractivity contribution in [1.29, 1.82) is 0 Å². The van der Waals surface area contributed by atoms with Crippen LogP contribution in [-0.4, -0.2) is 31.9 Å². The Morgan fingerprint density at radius 3 is 1.96 bits per heavy atom. The van der Waals surface area contributed by atoms with Crippen molar-refractivity contribution in [2.24, 2.45) is 11.0 Å². The second-order valence-corrected chi connectivity index (χ2v) is 5.40. The van der Waals surface area contributed by atoms with Gasteiger partial charge in [0, 0.05) is 11.8 Å². The maximum atomic E-state index is 12.4. The molecule has 0 aliphatic rings. The molecule has 0 atom stereocenters. The van der Waals surface area contributed by atoms with E-state index in [4.69, 9.17) is 14.2 Å². The van der Waals surface area contributed by atoms with Crippen molar-refractivity contribution < 1.29 is 19.0 Å². The molecule has 0 heterocycles. The van der Waals surface area contributed by atoms with Crippen molar-refractivity contribution in [3.8, 4) is 17.2 Å². The van der Waals surface area contributed by atoms with Gasteiger partial charge in [-0.2, -0.15) is 5.10 Å². The predicted molar refractivity (Wildman–Crippen MR) is 100.0 cm³/mol. The number of ether oxygens (including phenoxy) is 3. The summed E-state index contributed by atoms with van der Waals surface area (Å²) >= 11 is 0. The van der Waals surface area contributed by atoms with Gasteiger partial charge in [0.25, 0.3) is 5.91 Å². The minimum Gasteiger partial charge on any atom is -0.490 e. The summed E-state index contributed by atoms with van der Waals surface area (Å²) in [6.45, 7) is 11.2. The van der Waals surface area contributed by atoms with Crippen LogP contribution in [0.1, 0.15) is 57.8 Å². The minimum atomic E-state index is -0.313. The number of carbonyl (C=O) groups is 1. The smallest absolute Gasteiger partial charge is 0.271 e. The van der Waals surface area contributed by atoms with Crippen molar-refractivity contribution in [3.63, 3.8) is 0 Å². The molecule has 0 aliphatic heterocycles. The third kappa shape index (κ3) is 6.29. The average molecular weight is 350 g/mol. The first-order valence-electron chi connectivity index (χ1n) is 9.00.